The molecule has 0 radical (unpaired) electrons. The van der Waals surface area contributed by atoms with Crippen molar-refractivity contribution in [1.29, 1.82) is 0 Å². The van der Waals surface area contributed by atoms with Gasteiger partial charge in [0.15, 0.2) is 0 Å². The number of anilines is 1. The van der Waals surface area contributed by atoms with Crippen LogP contribution in [0.2, 0.25) is 0 Å². The number of carbonyl (C=O) groups excluding carboxylic acids is 2. The first-order chi connectivity index (χ1) is 16.0. The van der Waals surface area contributed by atoms with Crippen molar-refractivity contribution >= 4 is 45.6 Å². The Bertz CT molecular complexity index is 1280. The average molecular weight is 459 g/mol. The van der Waals surface area contributed by atoms with Crippen molar-refractivity contribution in [2.45, 2.75) is 13.8 Å². The van der Waals surface area contributed by atoms with Crippen LogP contribution in [0.15, 0.2) is 53.6 Å². The lowest BCUT2D eigenvalue weighted by molar-refractivity contribution is -0.115. The van der Waals surface area contributed by atoms with Crippen molar-refractivity contribution in [3.05, 3.63) is 64.7 Å². The Balaban J connectivity index is 1.48. The van der Waals surface area contributed by atoms with E-state index < -0.39 is 0 Å². The number of nitrogens with one attached hydrogen (secondary N) is 1. The van der Waals surface area contributed by atoms with E-state index in [0.717, 1.165) is 72.1 Å². The third-order valence-corrected chi connectivity index (χ3v) is 7.17. The van der Waals surface area contributed by atoms with Crippen LogP contribution in [0.3, 0.4) is 0 Å². The average Bonchev–Trinajstić information content (AvgIpc) is 3.15. The van der Waals surface area contributed by atoms with Crippen LogP contribution in [0.4, 0.5) is 10.5 Å². The van der Waals surface area contributed by atoms with Crippen LogP contribution in [0.5, 0.6) is 0 Å². The van der Waals surface area contributed by atoms with Crippen molar-refractivity contribution in [3.63, 3.8) is 0 Å². The number of piperazine rings is 1. The van der Waals surface area contributed by atoms with Crippen molar-refractivity contribution in [3.8, 4) is 11.1 Å². The lowest BCUT2D eigenvalue weighted by Crippen LogP contribution is -2.46. The molecule has 2 aromatic carbocycles. The molecule has 0 atom stereocenters. The van der Waals surface area contributed by atoms with Gasteiger partial charge in [0.2, 0.25) is 0 Å². The van der Waals surface area contributed by atoms with Crippen LogP contribution in [0, 0.1) is 6.92 Å². The molecule has 0 saturated carbocycles. The number of hydrogen-bond donors (Lipinski definition) is 1. The Hall–Kier alpha value is -3.16. The number of aromatic nitrogens is 1. The Kier molecular flexibility index (Phi) is 5.91. The number of fused-ring (bicyclic) bond motifs is 1. The summed E-state index contributed by atoms with van der Waals surface area (Å²) in [6, 6.07) is 14.8. The zero-order valence-electron chi connectivity index (χ0n) is 18.8. The topological polar surface area (TPSA) is 65.5 Å². The molecule has 3 aromatic rings. The normalized spacial score (nSPS) is 18.4. The van der Waals surface area contributed by atoms with Crippen molar-refractivity contribution in [1.82, 2.24) is 15.2 Å². The highest BCUT2D eigenvalue weighted by atomic mass is 32.2. The fourth-order valence-electron chi connectivity index (χ4n) is 4.55. The van der Waals surface area contributed by atoms with E-state index in [1.165, 1.54) is 11.3 Å². The van der Waals surface area contributed by atoms with Gasteiger partial charge in [-0.05, 0) is 77.8 Å². The van der Waals surface area contributed by atoms with E-state index in [-0.39, 0.29) is 11.1 Å². The molecule has 33 heavy (non-hydrogen) atoms. The molecule has 2 aliphatic heterocycles. The number of thioether (sulfide) groups is 1. The number of hydrogen-bond acceptors (Lipinski definition) is 6. The summed E-state index contributed by atoms with van der Waals surface area (Å²) in [7, 11) is 0. The lowest BCUT2D eigenvalue weighted by Gasteiger charge is -2.36. The standard InChI is InChI=1S/C26H26N4O2S/c1-3-29-9-11-30(12-10-29)23-8-7-19(13-17(23)2)20-5-4-6-22-21(20)14-18(16-27-22)15-24-25(31)28-26(32)33-24/h4-8,13-16H,3,9-12H2,1-2H3,(H,28,31,32). The summed E-state index contributed by atoms with van der Waals surface area (Å²) in [5.74, 6) is -0.357. The number of amides is 2. The zero-order chi connectivity index (χ0) is 22.9. The maximum atomic E-state index is 11.9. The predicted molar refractivity (Wildman–Crippen MR) is 135 cm³/mol. The van der Waals surface area contributed by atoms with E-state index in [4.69, 9.17) is 0 Å². The Morgan fingerprint density at radius 3 is 2.61 bits per heavy atom. The van der Waals surface area contributed by atoms with Crippen LogP contribution in [-0.2, 0) is 4.79 Å². The molecule has 1 aromatic heterocycles. The highest BCUT2D eigenvalue weighted by Gasteiger charge is 2.25. The van der Waals surface area contributed by atoms with E-state index in [9.17, 15) is 9.59 Å². The van der Waals surface area contributed by atoms with E-state index in [1.54, 1.807) is 12.3 Å². The summed E-state index contributed by atoms with van der Waals surface area (Å²) in [6.07, 6.45) is 3.46. The van der Waals surface area contributed by atoms with Crippen LogP contribution in [0.1, 0.15) is 18.1 Å². The van der Waals surface area contributed by atoms with Gasteiger partial charge >= 0.3 is 0 Å². The lowest BCUT2D eigenvalue weighted by atomic mass is 9.97. The molecular weight excluding hydrogens is 432 g/mol. The van der Waals surface area contributed by atoms with Crippen LogP contribution < -0.4 is 10.2 Å². The highest BCUT2D eigenvalue weighted by molar-refractivity contribution is 8.18. The summed E-state index contributed by atoms with van der Waals surface area (Å²) >= 11 is 0.919. The second kappa shape index (κ2) is 9.00. The van der Waals surface area contributed by atoms with Crippen LogP contribution >= 0.6 is 11.8 Å². The molecule has 0 aliphatic carbocycles. The Morgan fingerprint density at radius 1 is 1.09 bits per heavy atom. The molecule has 0 spiro atoms. The van der Waals surface area contributed by atoms with Gasteiger partial charge in [0.05, 0.1) is 10.4 Å². The van der Waals surface area contributed by atoms with Crippen molar-refractivity contribution in [2.24, 2.45) is 0 Å². The summed E-state index contributed by atoms with van der Waals surface area (Å²) in [6.45, 7) is 9.82. The number of imide groups is 1. The molecule has 5 rings (SSSR count). The maximum Gasteiger partial charge on any atom is 0.290 e. The summed E-state index contributed by atoms with van der Waals surface area (Å²) < 4.78 is 0. The molecule has 0 unspecified atom stereocenters. The predicted octanol–water partition coefficient (Wildman–Crippen LogP) is 4.68. The highest BCUT2D eigenvalue weighted by Crippen LogP contribution is 2.33. The van der Waals surface area contributed by atoms with Gasteiger partial charge in [0.25, 0.3) is 11.1 Å². The summed E-state index contributed by atoms with van der Waals surface area (Å²) in [5.41, 5.74) is 6.50. The molecule has 2 fully saturated rings. The fourth-order valence-corrected chi connectivity index (χ4v) is 5.23. The minimum absolute atomic E-state index is 0.340. The van der Waals surface area contributed by atoms with Gasteiger partial charge < -0.3 is 9.80 Å². The molecule has 7 heteroatoms. The minimum Gasteiger partial charge on any atom is -0.369 e. The second-order valence-corrected chi connectivity index (χ2v) is 9.43. The SMILES string of the molecule is CCN1CCN(c2ccc(-c3cccc4ncc(C=C5SC(=O)NC5=O)cc34)cc2C)CC1. The molecule has 1 N–H and O–H groups in total. The summed E-state index contributed by atoms with van der Waals surface area (Å²) in [5, 5.41) is 2.97. The molecule has 168 valence electrons. The quantitative estimate of drug-likeness (QED) is 0.573. The molecule has 0 bridgehead atoms. The van der Waals surface area contributed by atoms with Gasteiger partial charge in [-0.25, -0.2) is 0 Å². The Labute approximate surface area is 197 Å². The number of benzene rings is 2. The van der Waals surface area contributed by atoms with Gasteiger partial charge in [-0.1, -0.05) is 25.1 Å². The van der Waals surface area contributed by atoms with Gasteiger partial charge in [-0.3, -0.25) is 19.9 Å². The van der Waals surface area contributed by atoms with E-state index in [2.05, 4.69) is 58.2 Å². The van der Waals surface area contributed by atoms with Crippen LogP contribution in [0.25, 0.3) is 28.1 Å². The number of carbonyl (C=O) groups is 2. The smallest absolute Gasteiger partial charge is 0.290 e. The minimum atomic E-state index is -0.357. The van der Waals surface area contributed by atoms with Crippen molar-refractivity contribution in [2.75, 3.05) is 37.6 Å². The second-order valence-electron chi connectivity index (χ2n) is 8.42. The number of likely N-dealkylation sites (N-methyl/N-ethyl adjacent to an activating group) is 1. The van der Waals surface area contributed by atoms with Gasteiger partial charge in [-0.2, -0.15) is 0 Å². The number of aryl methyl sites for hydroxylation is 1. The molecule has 6 nitrogen and oxygen atoms in total. The van der Waals surface area contributed by atoms with Crippen molar-refractivity contribution < 1.29 is 9.59 Å². The zero-order valence-corrected chi connectivity index (χ0v) is 19.6. The fraction of sp³-hybridized carbons (Fsp3) is 0.269. The monoisotopic (exact) mass is 458 g/mol. The first-order valence-electron chi connectivity index (χ1n) is 11.2. The van der Waals surface area contributed by atoms with Gasteiger partial charge in [-0.15, -0.1) is 0 Å². The first kappa shape index (κ1) is 21.7. The Morgan fingerprint density at radius 2 is 1.91 bits per heavy atom. The van der Waals surface area contributed by atoms with E-state index in [0.29, 0.717) is 4.91 Å². The molecular formula is C26H26N4O2S. The summed E-state index contributed by atoms with van der Waals surface area (Å²) in [4.78, 5) is 33.4. The van der Waals surface area contributed by atoms with Gasteiger partial charge in [0.1, 0.15) is 0 Å². The first-order valence-corrected chi connectivity index (χ1v) is 12.1. The number of pyridine rings is 1. The van der Waals surface area contributed by atoms with E-state index in [1.807, 2.05) is 18.2 Å². The molecule has 2 saturated heterocycles. The number of nitrogens with zero attached hydrogens (tertiary/aromatic N) is 3. The third-order valence-electron chi connectivity index (χ3n) is 6.35. The molecule has 3 heterocycles. The maximum absolute atomic E-state index is 11.9. The third kappa shape index (κ3) is 4.38. The van der Waals surface area contributed by atoms with E-state index >= 15 is 0 Å². The molecule has 2 amide bonds. The van der Waals surface area contributed by atoms with Gasteiger partial charge in [0, 0.05) is 43.4 Å². The van der Waals surface area contributed by atoms with Crippen LogP contribution in [-0.4, -0.2) is 53.8 Å². The number of rotatable bonds is 4. The largest absolute Gasteiger partial charge is 0.369 e. The molecule has 2 aliphatic rings.